The molecule has 0 radical (unpaired) electrons. The molecule has 1 aromatic heterocycles. The van der Waals surface area contributed by atoms with Gasteiger partial charge in [-0.3, -0.25) is 4.57 Å². The summed E-state index contributed by atoms with van der Waals surface area (Å²) in [4.78, 5) is 15.6. The van der Waals surface area contributed by atoms with Crippen molar-refractivity contribution in [3.63, 3.8) is 0 Å². The van der Waals surface area contributed by atoms with Crippen molar-refractivity contribution in [3.05, 3.63) is 84.7 Å². The smallest absolute Gasteiger partial charge is 0.335 e. The molecule has 0 saturated heterocycles. The van der Waals surface area contributed by atoms with Crippen molar-refractivity contribution >= 4 is 17.0 Å². The predicted octanol–water partition coefficient (Wildman–Crippen LogP) is 4.39. The zero-order chi connectivity index (χ0) is 16.5. The molecular weight excluding hydrogens is 300 g/mol. The fourth-order valence-corrected chi connectivity index (χ4v) is 2.82. The number of imidazole rings is 1. The Morgan fingerprint density at radius 2 is 1.71 bits per heavy atom. The summed E-state index contributed by atoms with van der Waals surface area (Å²) in [6, 6.07) is 23.1. The van der Waals surface area contributed by atoms with Crippen LogP contribution in [0.4, 0.5) is 0 Å². The molecule has 0 amide bonds. The van der Waals surface area contributed by atoms with E-state index in [1.165, 1.54) is 0 Å². The number of hydrogen-bond donors (Lipinski definition) is 1. The van der Waals surface area contributed by atoms with Crippen LogP contribution in [0.5, 0.6) is 0 Å². The van der Waals surface area contributed by atoms with Crippen LogP contribution in [-0.4, -0.2) is 20.6 Å². The lowest BCUT2D eigenvalue weighted by molar-refractivity contribution is 0.0697. The summed E-state index contributed by atoms with van der Waals surface area (Å²) < 4.78 is 1.90. The van der Waals surface area contributed by atoms with E-state index in [2.05, 4.69) is 23.2 Å². The Balaban J connectivity index is 1.81. The molecule has 4 nitrogen and oxygen atoms in total. The van der Waals surface area contributed by atoms with Crippen LogP contribution in [0, 0.1) is 0 Å². The van der Waals surface area contributed by atoms with Gasteiger partial charge in [-0.15, -0.1) is 0 Å². The summed E-state index contributed by atoms with van der Waals surface area (Å²) in [5, 5.41) is 9.16. The molecule has 0 aliphatic carbocycles. The average Bonchev–Trinajstić information content (AvgIpc) is 3.05. The highest BCUT2D eigenvalue weighted by Crippen LogP contribution is 2.25. The molecule has 4 aromatic rings. The molecule has 1 N–H and O–H groups in total. The molecule has 0 fully saturated rings. The molecule has 0 unspecified atom stereocenters. The zero-order valence-electron chi connectivity index (χ0n) is 12.8. The summed E-state index contributed by atoms with van der Waals surface area (Å²) in [5.41, 5.74) is 5.10. The third-order valence-electron chi connectivity index (χ3n) is 4.03. The first-order valence-corrected chi connectivity index (χ1v) is 7.59. The molecule has 0 aliphatic rings. The van der Waals surface area contributed by atoms with Crippen molar-refractivity contribution < 1.29 is 9.90 Å². The summed E-state index contributed by atoms with van der Waals surface area (Å²) >= 11 is 0. The number of fused-ring (bicyclic) bond motifs is 1. The van der Waals surface area contributed by atoms with E-state index < -0.39 is 5.97 Å². The SMILES string of the molecule is O=C(O)c1cccc(-n2cnc3cc(-c4ccccc4)ccc32)c1. The van der Waals surface area contributed by atoms with Crippen LogP contribution < -0.4 is 0 Å². The van der Waals surface area contributed by atoms with Gasteiger partial charge in [0.2, 0.25) is 0 Å². The molecular formula is C20H14N2O2. The van der Waals surface area contributed by atoms with Crippen LogP contribution >= 0.6 is 0 Å². The molecule has 0 aliphatic heterocycles. The van der Waals surface area contributed by atoms with E-state index >= 15 is 0 Å². The second kappa shape index (κ2) is 5.66. The number of rotatable bonds is 3. The largest absolute Gasteiger partial charge is 0.478 e. The van der Waals surface area contributed by atoms with Gasteiger partial charge in [0.1, 0.15) is 6.33 Å². The maximum absolute atomic E-state index is 11.2. The monoisotopic (exact) mass is 314 g/mol. The fraction of sp³-hybridized carbons (Fsp3) is 0. The highest BCUT2D eigenvalue weighted by Gasteiger charge is 2.09. The average molecular weight is 314 g/mol. The van der Waals surface area contributed by atoms with Crippen molar-refractivity contribution in [2.45, 2.75) is 0 Å². The second-order valence-electron chi connectivity index (χ2n) is 5.54. The van der Waals surface area contributed by atoms with E-state index in [1.807, 2.05) is 41.0 Å². The molecule has 116 valence electrons. The van der Waals surface area contributed by atoms with Gasteiger partial charge in [0.05, 0.1) is 16.6 Å². The van der Waals surface area contributed by atoms with Crippen LogP contribution in [0.15, 0.2) is 79.1 Å². The number of nitrogens with zero attached hydrogens (tertiary/aromatic N) is 2. The minimum Gasteiger partial charge on any atom is -0.478 e. The highest BCUT2D eigenvalue weighted by molar-refractivity contribution is 5.89. The second-order valence-corrected chi connectivity index (χ2v) is 5.54. The molecule has 0 atom stereocenters. The van der Waals surface area contributed by atoms with Crippen molar-refractivity contribution in [2.75, 3.05) is 0 Å². The quantitative estimate of drug-likeness (QED) is 0.610. The van der Waals surface area contributed by atoms with E-state index in [9.17, 15) is 4.79 Å². The number of aromatic nitrogens is 2. The topological polar surface area (TPSA) is 55.1 Å². The van der Waals surface area contributed by atoms with Gasteiger partial charge in [0, 0.05) is 5.69 Å². The molecule has 0 saturated carbocycles. The summed E-state index contributed by atoms with van der Waals surface area (Å²) in [6.45, 7) is 0. The molecule has 4 heteroatoms. The number of carboxylic acid groups (broad SMARTS) is 1. The van der Waals surface area contributed by atoms with Gasteiger partial charge in [-0.1, -0.05) is 42.5 Å². The van der Waals surface area contributed by atoms with Crippen LogP contribution in [0.3, 0.4) is 0 Å². The predicted molar refractivity (Wildman–Crippen MR) is 93.5 cm³/mol. The Hall–Kier alpha value is -3.40. The molecule has 4 rings (SSSR count). The number of carboxylic acids is 1. The molecule has 3 aromatic carbocycles. The highest BCUT2D eigenvalue weighted by atomic mass is 16.4. The molecule has 1 heterocycles. The first-order valence-electron chi connectivity index (χ1n) is 7.59. The Kier molecular flexibility index (Phi) is 3.35. The van der Waals surface area contributed by atoms with Crippen LogP contribution in [0.2, 0.25) is 0 Å². The number of carbonyl (C=O) groups is 1. The van der Waals surface area contributed by atoms with Crippen LogP contribution in [0.1, 0.15) is 10.4 Å². The van der Waals surface area contributed by atoms with Crippen molar-refractivity contribution in [3.8, 4) is 16.8 Å². The van der Waals surface area contributed by atoms with E-state index in [1.54, 1.807) is 24.5 Å². The van der Waals surface area contributed by atoms with Gasteiger partial charge in [-0.25, -0.2) is 9.78 Å². The van der Waals surface area contributed by atoms with Gasteiger partial charge < -0.3 is 5.11 Å². The van der Waals surface area contributed by atoms with Crippen molar-refractivity contribution in [2.24, 2.45) is 0 Å². The lowest BCUT2D eigenvalue weighted by atomic mass is 10.1. The summed E-state index contributed by atoms with van der Waals surface area (Å²) in [5.74, 6) is -0.937. The zero-order valence-corrected chi connectivity index (χ0v) is 12.8. The van der Waals surface area contributed by atoms with E-state index in [0.29, 0.717) is 0 Å². The van der Waals surface area contributed by atoms with Gasteiger partial charge in [0.25, 0.3) is 0 Å². The van der Waals surface area contributed by atoms with Crippen LogP contribution in [0.25, 0.3) is 27.8 Å². The first kappa shape index (κ1) is 14.2. The van der Waals surface area contributed by atoms with Crippen LogP contribution in [-0.2, 0) is 0 Å². The minimum atomic E-state index is -0.937. The van der Waals surface area contributed by atoms with E-state index in [0.717, 1.165) is 27.8 Å². The van der Waals surface area contributed by atoms with E-state index in [4.69, 9.17) is 5.11 Å². The number of hydrogen-bond acceptors (Lipinski definition) is 2. The minimum absolute atomic E-state index is 0.259. The Morgan fingerprint density at radius 1 is 0.875 bits per heavy atom. The first-order chi connectivity index (χ1) is 11.7. The molecule has 24 heavy (non-hydrogen) atoms. The van der Waals surface area contributed by atoms with Gasteiger partial charge in [-0.05, 0) is 41.5 Å². The maximum atomic E-state index is 11.2. The third-order valence-corrected chi connectivity index (χ3v) is 4.03. The maximum Gasteiger partial charge on any atom is 0.335 e. The standard InChI is InChI=1S/C20H14N2O2/c23-20(24)16-7-4-8-17(11-16)22-13-21-18-12-15(9-10-19(18)22)14-5-2-1-3-6-14/h1-13H,(H,23,24). The van der Waals surface area contributed by atoms with Gasteiger partial charge >= 0.3 is 5.97 Å². The van der Waals surface area contributed by atoms with Gasteiger partial charge in [0.15, 0.2) is 0 Å². The van der Waals surface area contributed by atoms with Crippen molar-refractivity contribution in [1.29, 1.82) is 0 Å². The Morgan fingerprint density at radius 3 is 2.50 bits per heavy atom. The third kappa shape index (κ3) is 2.44. The Bertz CT molecular complexity index is 1040. The Labute approximate surface area is 138 Å². The number of aromatic carboxylic acids is 1. The normalized spacial score (nSPS) is 10.8. The summed E-state index contributed by atoms with van der Waals surface area (Å²) in [6.07, 6.45) is 1.72. The molecule has 0 spiro atoms. The van der Waals surface area contributed by atoms with Crippen molar-refractivity contribution in [1.82, 2.24) is 9.55 Å². The fourth-order valence-electron chi connectivity index (χ4n) is 2.82. The lowest BCUT2D eigenvalue weighted by Gasteiger charge is -2.06. The van der Waals surface area contributed by atoms with Gasteiger partial charge in [-0.2, -0.15) is 0 Å². The summed E-state index contributed by atoms with van der Waals surface area (Å²) in [7, 11) is 0. The molecule has 0 bridgehead atoms. The lowest BCUT2D eigenvalue weighted by Crippen LogP contribution is -1.99. The van der Waals surface area contributed by atoms with E-state index in [-0.39, 0.29) is 5.56 Å². The number of benzene rings is 3.